The molecule has 7 heteroatoms. The van der Waals surface area contributed by atoms with E-state index in [1.165, 1.54) is 11.1 Å². The summed E-state index contributed by atoms with van der Waals surface area (Å²) in [5.41, 5.74) is 6.34. The SMILES string of the molecule is Cc1noc(-c2ccc(C3C=CC(C4(C(=O)O)CC4)=CC3C)cc2)c1Cc1cn(Cc2ccccc2)nn1. The summed E-state index contributed by atoms with van der Waals surface area (Å²) in [7, 11) is 0. The van der Waals surface area contributed by atoms with Gasteiger partial charge in [-0.05, 0) is 42.4 Å². The van der Waals surface area contributed by atoms with Crippen molar-refractivity contribution in [1.29, 1.82) is 0 Å². The molecule has 4 aromatic rings. The average molecular weight is 507 g/mol. The Morgan fingerprint density at radius 3 is 2.58 bits per heavy atom. The van der Waals surface area contributed by atoms with Gasteiger partial charge in [-0.25, -0.2) is 4.68 Å². The Bertz CT molecular complexity index is 1520. The summed E-state index contributed by atoms with van der Waals surface area (Å²) in [6.45, 7) is 4.78. The van der Waals surface area contributed by atoms with Crippen molar-refractivity contribution in [2.75, 3.05) is 0 Å². The van der Waals surface area contributed by atoms with Crippen LogP contribution in [0.1, 0.15) is 53.8 Å². The number of aliphatic carboxylic acids is 1. The smallest absolute Gasteiger partial charge is 0.314 e. The van der Waals surface area contributed by atoms with Gasteiger partial charge in [-0.2, -0.15) is 0 Å². The van der Waals surface area contributed by atoms with Crippen LogP contribution < -0.4 is 0 Å². The Labute approximate surface area is 221 Å². The van der Waals surface area contributed by atoms with Gasteiger partial charge < -0.3 is 9.63 Å². The number of carboxylic acids is 1. The normalized spacial score (nSPS) is 19.8. The summed E-state index contributed by atoms with van der Waals surface area (Å²) in [5, 5.41) is 22.6. The van der Waals surface area contributed by atoms with Crippen LogP contribution in [0, 0.1) is 18.3 Å². The topological polar surface area (TPSA) is 94.0 Å². The van der Waals surface area contributed by atoms with Crippen LogP contribution in [-0.4, -0.2) is 31.2 Å². The zero-order chi connectivity index (χ0) is 26.3. The van der Waals surface area contributed by atoms with Crippen molar-refractivity contribution in [3.05, 3.63) is 113 Å². The summed E-state index contributed by atoms with van der Waals surface area (Å²) in [6, 6.07) is 18.6. The van der Waals surface area contributed by atoms with Gasteiger partial charge in [-0.1, -0.05) is 90.1 Å². The number of carbonyl (C=O) groups is 1. The van der Waals surface area contributed by atoms with Crippen LogP contribution in [-0.2, 0) is 17.8 Å². The molecule has 2 aliphatic carbocycles. The van der Waals surface area contributed by atoms with E-state index < -0.39 is 11.4 Å². The lowest BCUT2D eigenvalue weighted by molar-refractivity contribution is -0.141. The van der Waals surface area contributed by atoms with Gasteiger partial charge in [0.05, 0.1) is 23.3 Å². The van der Waals surface area contributed by atoms with Crippen molar-refractivity contribution >= 4 is 5.97 Å². The Balaban J connectivity index is 1.17. The molecule has 1 N–H and O–H groups in total. The number of carboxylic acid groups (broad SMARTS) is 1. The van der Waals surface area contributed by atoms with E-state index in [4.69, 9.17) is 4.52 Å². The summed E-state index contributed by atoms with van der Waals surface area (Å²) in [6.07, 6.45) is 10.3. The van der Waals surface area contributed by atoms with E-state index in [0.29, 0.717) is 13.0 Å². The second-order valence-electron chi connectivity index (χ2n) is 10.5. The maximum absolute atomic E-state index is 11.7. The number of hydrogen-bond acceptors (Lipinski definition) is 5. The first-order valence-corrected chi connectivity index (χ1v) is 13.1. The van der Waals surface area contributed by atoms with E-state index in [2.05, 4.69) is 70.9 Å². The molecule has 6 rings (SSSR count). The molecular weight excluding hydrogens is 476 g/mol. The number of aromatic nitrogens is 4. The number of benzene rings is 2. The summed E-state index contributed by atoms with van der Waals surface area (Å²) in [4.78, 5) is 11.7. The third-order valence-electron chi connectivity index (χ3n) is 7.88. The number of aryl methyl sites for hydroxylation is 1. The summed E-state index contributed by atoms with van der Waals surface area (Å²) >= 11 is 0. The highest BCUT2D eigenvalue weighted by molar-refractivity contribution is 5.83. The van der Waals surface area contributed by atoms with Crippen LogP contribution in [0.2, 0.25) is 0 Å². The Hall–Kier alpha value is -4.26. The zero-order valence-corrected chi connectivity index (χ0v) is 21.5. The predicted molar refractivity (Wildman–Crippen MR) is 143 cm³/mol. The van der Waals surface area contributed by atoms with Crippen LogP contribution in [0.4, 0.5) is 0 Å². The van der Waals surface area contributed by atoms with Crippen LogP contribution in [0.3, 0.4) is 0 Å². The molecule has 2 heterocycles. The summed E-state index contributed by atoms with van der Waals surface area (Å²) in [5.74, 6) is 0.464. The predicted octanol–water partition coefficient (Wildman–Crippen LogP) is 5.96. The zero-order valence-electron chi connectivity index (χ0n) is 21.5. The molecule has 0 spiro atoms. The lowest BCUT2D eigenvalue weighted by atomic mass is 9.78. The largest absolute Gasteiger partial charge is 0.481 e. The Morgan fingerprint density at radius 2 is 1.89 bits per heavy atom. The third-order valence-corrected chi connectivity index (χ3v) is 7.88. The molecule has 7 nitrogen and oxygen atoms in total. The minimum Gasteiger partial charge on any atom is -0.481 e. The molecule has 1 saturated carbocycles. The van der Waals surface area contributed by atoms with Gasteiger partial charge in [-0.3, -0.25) is 4.79 Å². The second kappa shape index (κ2) is 9.56. The standard InChI is InChI=1S/C31H30N4O3/c1-20-16-25(31(14-15-31)30(36)37)12-13-27(20)23-8-10-24(11-9-23)29-28(21(2)33-38-29)17-26-19-35(34-32-26)18-22-6-4-3-5-7-22/h3-13,16,19-20,27H,14-15,17-18H2,1-2H3,(H,36,37). The van der Waals surface area contributed by atoms with Crippen molar-refractivity contribution < 1.29 is 14.4 Å². The third kappa shape index (κ3) is 4.49. The van der Waals surface area contributed by atoms with Crippen LogP contribution in [0.5, 0.6) is 0 Å². The van der Waals surface area contributed by atoms with Crippen molar-refractivity contribution in [3.63, 3.8) is 0 Å². The number of nitrogens with zero attached hydrogens (tertiary/aromatic N) is 4. The van der Waals surface area contributed by atoms with Crippen molar-refractivity contribution in [2.45, 2.75) is 45.6 Å². The highest BCUT2D eigenvalue weighted by Gasteiger charge is 2.53. The molecule has 0 amide bonds. The molecule has 192 valence electrons. The number of hydrogen-bond donors (Lipinski definition) is 1. The molecule has 2 unspecified atom stereocenters. The fourth-order valence-electron chi connectivity index (χ4n) is 5.44. The van der Waals surface area contributed by atoms with E-state index in [-0.39, 0.29) is 11.8 Å². The van der Waals surface area contributed by atoms with Crippen molar-refractivity contribution in [2.24, 2.45) is 11.3 Å². The highest BCUT2D eigenvalue weighted by atomic mass is 16.5. The minimum absolute atomic E-state index is 0.202. The second-order valence-corrected chi connectivity index (χ2v) is 10.5. The summed E-state index contributed by atoms with van der Waals surface area (Å²) < 4.78 is 7.61. The highest BCUT2D eigenvalue weighted by Crippen LogP contribution is 2.54. The maximum atomic E-state index is 11.7. The van der Waals surface area contributed by atoms with E-state index >= 15 is 0 Å². The van der Waals surface area contributed by atoms with Gasteiger partial charge in [0, 0.05) is 29.7 Å². The molecule has 0 radical (unpaired) electrons. The van der Waals surface area contributed by atoms with Gasteiger partial charge in [0.2, 0.25) is 0 Å². The van der Waals surface area contributed by atoms with E-state index in [9.17, 15) is 9.90 Å². The number of rotatable bonds is 8. The lowest BCUT2D eigenvalue weighted by Crippen LogP contribution is -2.20. The molecular formula is C31H30N4O3. The first-order valence-electron chi connectivity index (χ1n) is 13.1. The Kier molecular flexibility index (Phi) is 6.06. The molecule has 2 atom stereocenters. The molecule has 0 aliphatic heterocycles. The van der Waals surface area contributed by atoms with Gasteiger partial charge in [0.1, 0.15) is 0 Å². The average Bonchev–Trinajstić information content (AvgIpc) is 3.52. The van der Waals surface area contributed by atoms with Crippen molar-refractivity contribution in [1.82, 2.24) is 20.2 Å². The van der Waals surface area contributed by atoms with E-state index in [1.807, 2.05) is 42.1 Å². The molecule has 2 aromatic carbocycles. The van der Waals surface area contributed by atoms with Crippen LogP contribution in [0.15, 0.2) is 89.1 Å². The van der Waals surface area contributed by atoms with Crippen LogP contribution >= 0.6 is 0 Å². The fourth-order valence-corrected chi connectivity index (χ4v) is 5.44. The first-order chi connectivity index (χ1) is 18.4. The molecule has 2 aliphatic rings. The fraction of sp³-hybridized carbons (Fsp3) is 0.290. The monoisotopic (exact) mass is 506 g/mol. The van der Waals surface area contributed by atoms with Gasteiger partial charge >= 0.3 is 5.97 Å². The lowest BCUT2D eigenvalue weighted by Gasteiger charge is -2.26. The van der Waals surface area contributed by atoms with Gasteiger partial charge in [0.15, 0.2) is 5.76 Å². The molecule has 0 bridgehead atoms. The van der Waals surface area contributed by atoms with Gasteiger partial charge in [0.25, 0.3) is 0 Å². The molecule has 2 aromatic heterocycles. The number of allylic oxidation sites excluding steroid dienone is 3. The molecule has 38 heavy (non-hydrogen) atoms. The van der Waals surface area contributed by atoms with Crippen molar-refractivity contribution in [3.8, 4) is 11.3 Å². The van der Waals surface area contributed by atoms with Gasteiger partial charge in [-0.15, -0.1) is 5.10 Å². The van der Waals surface area contributed by atoms with E-state index in [0.717, 1.165) is 46.7 Å². The maximum Gasteiger partial charge on any atom is 0.314 e. The molecule has 0 saturated heterocycles. The quantitative estimate of drug-likeness (QED) is 0.317. The minimum atomic E-state index is -0.708. The van der Waals surface area contributed by atoms with Crippen LogP contribution in [0.25, 0.3) is 11.3 Å². The Morgan fingerprint density at radius 1 is 1.13 bits per heavy atom. The first kappa shape index (κ1) is 24.1. The molecule has 1 fully saturated rings. The van der Waals surface area contributed by atoms with E-state index in [1.54, 1.807) is 0 Å².